The number of halogens is 1. The van der Waals surface area contributed by atoms with Gasteiger partial charge in [0.15, 0.2) is 0 Å². The maximum absolute atomic E-state index is 10.2. The van der Waals surface area contributed by atoms with Gasteiger partial charge in [-0.2, -0.15) is 0 Å². The molecule has 1 fully saturated rings. The molecule has 1 aliphatic carbocycles. The summed E-state index contributed by atoms with van der Waals surface area (Å²) in [5.74, 6) is 0. The molecule has 0 radical (unpaired) electrons. The lowest BCUT2D eigenvalue weighted by molar-refractivity contribution is 0.106. The van der Waals surface area contributed by atoms with Gasteiger partial charge in [0.2, 0.25) is 0 Å². The molecular formula is C16H25ClN2O. The second kappa shape index (κ2) is 7.30. The Bertz CT molecular complexity index is 438. The van der Waals surface area contributed by atoms with Gasteiger partial charge >= 0.3 is 0 Å². The quantitative estimate of drug-likeness (QED) is 0.876. The SMILES string of the molecule is CCNCc1cc(Cl)ccc1N(C)C1CCCCC1O. The van der Waals surface area contributed by atoms with Gasteiger partial charge < -0.3 is 15.3 Å². The lowest BCUT2D eigenvalue weighted by Gasteiger charge is -2.37. The summed E-state index contributed by atoms with van der Waals surface area (Å²) in [5.41, 5.74) is 2.36. The number of benzene rings is 1. The van der Waals surface area contributed by atoms with Crippen LogP contribution in [0.15, 0.2) is 18.2 Å². The van der Waals surface area contributed by atoms with Crippen molar-refractivity contribution >= 4 is 17.3 Å². The first-order valence-corrected chi connectivity index (χ1v) is 7.91. The molecule has 2 atom stereocenters. The molecule has 0 amide bonds. The molecule has 3 nitrogen and oxygen atoms in total. The number of nitrogens with one attached hydrogen (secondary N) is 1. The zero-order chi connectivity index (χ0) is 14.5. The van der Waals surface area contributed by atoms with Crippen LogP contribution in [0.2, 0.25) is 5.02 Å². The zero-order valence-corrected chi connectivity index (χ0v) is 13.2. The van der Waals surface area contributed by atoms with E-state index in [1.165, 1.54) is 17.7 Å². The van der Waals surface area contributed by atoms with Gasteiger partial charge in [-0.25, -0.2) is 0 Å². The van der Waals surface area contributed by atoms with Crippen molar-refractivity contribution < 1.29 is 5.11 Å². The summed E-state index contributed by atoms with van der Waals surface area (Å²) in [4.78, 5) is 2.23. The Balaban J connectivity index is 2.21. The van der Waals surface area contributed by atoms with Crippen molar-refractivity contribution in [2.45, 2.75) is 51.3 Å². The Morgan fingerprint density at radius 1 is 1.35 bits per heavy atom. The van der Waals surface area contributed by atoms with Gasteiger partial charge in [-0.15, -0.1) is 0 Å². The second-order valence-electron chi connectivity index (χ2n) is 5.58. The third-order valence-electron chi connectivity index (χ3n) is 4.18. The van der Waals surface area contributed by atoms with Crippen LogP contribution in [0.5, 0.6) is 0 Å². The largest absolute Gasteiger partial charge is 0.391 e. The highest BCUT2D eigenvalue weighted by Gasteiger charge is 2.27. The van der Waals surface area contributed by atoms with Crippen molar-refractivity contribution in [3.63, 3.8) is 0 Å². The Kier molecular flexibility index (Phi) is 5.70. The Labute approximate surface area is 126 Å². The molecule has 1 aromatic carbocycles. The van der Waals surface area contributed by atoms with Gasteiger partial charge in [0.05, 0.1) is 12.1 Å². The number of rotatable bonds is 5. The summed E-state index contributed by atoms with van der Waals surface area (Å²) >= 11 is 6.12. The van der Waals surface area contributed by atoms with Gasteiger partial charge in [-0.05, 0) is 43.1 Å². The monoisotopic (exact) mass is 296 g/mol. The Hall–Kier alpha value is -0.770. The molecule has 20 heavy (non-hydrogen) atoms. The fraction of sp³-hybridized carbons (Fsp3) is 0.625. The smallest absolute Gasteiger partial charge is 0.0743 e. The fourth-order valence-corrected chi connectivity index (χ4v) is 3.22. The number of likely N-dealkylation sites (N-methyl/N-ethyl adjacent to an activating group) is 1. The molecule has 4 heteroatoms. The molecule has 0 aliphatic heterocycles. The van der Waals surface area contributed by atoms with Gasteiger partial charge in [0.1, 0.15) is 0 Å². The van der Waals surface area contributed by atoms with Crippen LogP contribution in [0.25, 0.3) is 0 Å². The number of nitrogens with zero attached hydrogens (tertiary/aromatic N) is 1. The van der Waals surface area contributed by atoms with Crippen LogP contribution in [0.3, 0.4) is 0 Å². The highest BCUT2D eigenvalue weighted by atomic mass is 35.5. The first-order valence-electron chi connectivity index (χ1n) is 7.53. The minimum Gasteiger partial charge on any atom is -0.391 e. The zero-order valence-electron chi connectivity index (χ0n) is 12.4. The lowest BCUT2D eigenvalue weighted by atomic mass is 9.91. The summed E-state index contributed by atoms with van der Waals surface area (Å²) < 4.78 is 0. The average Bonchev–Trinajstić information content (AvgIpc) is 2.45. The van der Waals surface area contributed by atoms with E-state index < -0.39 is 0 Å². The van der Waals surface area contributed by atoms with Crippen LogP contribution in [0.1, 0.15) is 38.2 Å². The molecule has 1 saturated carbocycles. The number of aliphatic hydroxyl groups is 1. The number of anilines is 1. The number of hydrogen-bond donors (Lipinski definition) is 2. The van der Waals surface area contributed by atoms with E-state index in [0.29, 0.717) is 0 Å². The van der Waals surface area contributed by atoms with E-state index in [9.17, 15) is 5.11 Å². The van der Waals surface area contributed by atoms with Gasteiger partial charge in [-0.1, -0.05) is 31.4 Å². The molecule has 1 aliphatic rings. The number of aliphatic hydroxyl groups excluding tert-OH is 1. The summed E-state index contributed by atoms with van der Waals surface area (Å²) in [7, 11) is 2.08. The predicted molar refractivity (Wildman–Crippen MR) is 85.5 cm³/mol. The van der Waals surface area contributed by atoms with E-state index in [2.05, 4.69) is 30.3 Å². The standard InChI is InChI=1S/C16H25ClN2O/c1-3-18-11-12-10-13(17)8-9-14(12)19(2)15-6-4-5-7-16(15)20/h8-10,15-16,18,20H,3-7,11H2,1-2H3. The first kappa shape index (κ1) is 15.6. The van der Waals surface area contributed by atoms with Crippen LogP contribution in [0.4, 0.5) is 5.69 Å². The van der Waals surface area contributed by atoms with Crippen LogP contribution < -0.4 is 10.2 Å². The van der Waals surface area contributed by atoms with Crippen molar-refractivity contribution in [1.82, 2.24) is 5.32 Å². The molecule has 0 bridgehead atoms. The fourth-order valence-electron chi connectivity index (χ4n) is 3.02. The van der Waals surface area contributed by atoms with Crippen molar-refractivity contribution in [1.29, 1.82) is 0 Å². The Morgan fingerprint density at radius 3 is 2.80 bits per heavy atom. The van der Waals surface area contributed by atoms with E-state index in [4.69, 9.17) is 11.6 Å². The topological polar surface area (TPSA) is 35.5 Å². The van der Waals surface area contributed by atoms with Crippen molar-refractivity contribution in [2.75, 3.05) is 18.5 Å². The van der Waals surface area contributed by atoms with Crippen LogP contribution >= 0.6 is 11.6 Å². The maximum atomic E-state index is 10.2. The van der Waals surface area contributed by atoms with E-state index >= 15 is 0 Å². The van der Waals surface area contributed by atoms with E-state index in [1.54, 1.807) is 0 Å². The average molecular weight is 297 g/mol. The van der Waals surface area contributed by atoms with Gasteiger partial charge in [-0.3, -0.25) is 0 Å². The van der Waals surface area contributed by atoms with E-state index in [1.807, 2.05) is 12.1 Å². The van der Waals surface area contributed by atoms with Crippen LogP contribution in [-0.4, -0.2) is 30.8 Å². The van der Waals surface area contributed by atoms with Crippen molar-refractivity contribution in [2.24, 2.45) is 0 Å². The van der Waals surface area contributed by atoms with Crippen LogP contribution in [0, 0.1) is 0 Å². The maximum Gasteiger partial charge on any atom is 0.0743 e. The lowest BCUT2D eigenvalue weighted by Crippen LogP contribution is -2.44. The molecule has 2 N–H and O–H groups in total. The molecule has 0 spiro atoms. The molecule has 0 aromatic heterocycles. The van der Waals surface area contributed by atoms with Crippen LogP contribution in [-0.2, 0) is 6.54 Å². The highest BCUT2D eigenvalue weighted by molar-refractivity contribution is 6.30. The molecule has 112 valence electrons. The molecule has 0 heterocycles. The summed E-state index contributed by atoms with van der Waals surface area (Å²) in [6.07, 6.45) is 4.07. The summed E-state index contributed by atoms with van der Waals surface area (Å²) in [6, 6.07) is 6.23. The van der Waals surface area contributed by atoms with Crippen molar-refractivity contribution in [3.8, 4) is 0 Å². The minimum atomic E-state index is -0.226. The Morgan fingerprint density at radius 2 is 2.10 bits per heavy atom. The minimum absolute atomic E-state index is 0.213. The van der Waals surface area contributed by atoms with Gasteiger partial charge in [0.25, 0.3) is 0 Å². The predicted octanol–water partition coefficient (Wildman–Crippen LogP) is 3.19. The van der Waals surface area contributed by atoms with E-state index in [-0.39, 0.29) is 12.1 Å². The van der Waals surface area contributed by atoms with Crippen molar-refractivity contribution in [3.05, 3.63) is 28.8 Å². The first-order chi connectivity index (χ1) is 9.63. The van der Waals surface area contributed by atoms with E-state index in [0.717, 1.165) is 37.4 Å². The normalized spacial score (nSPS) is 22.8. The highest BCUT2D eigenvalue weighted by Crippen LogP contribution is 2.30. The molecular weight excluding hydrogens is 272 g/mol. The third-order valence-corrected chi connectivity index (χ3v) is 4.41. The summed E-state index contributed by atoms with van der Waals surface area (Å²) in [5, 5.41) is 14.4. The second-order valence-corrected chi connectivity index (χ2v) is 6.02. The molecule has 2 unspecified atom stereocenters. The number of hydrogen-bond acceptors (Lipinski definition) is 3. The third kappa shape index (κ3) is 3.66. The summed E-state index contributed by atoms with van der Waals surface area (Å²) in [6.45, 7) is 3.83. The molecule has 1 aromatic rings. The molecule has 0 saturated heterocycles. The van der Waals surface area contributed by atoms with Gasteiger partial charge in [0, 0.05) is 24.3 Å². The molecule has 2 rings (SSSR count).